The molecule has 3 N–H and O–H groups in total. The summed E-state index contributed by atoms with van der Waals surface area (Å²) in [5.41, 5.74) is 0. The molecule has 318 valence electrons. The molecule has 0 saturated carbocycles. The number of aliphatic hydroxyl groups excluding tert-OH is 2. The fourth-order valence-corrected chi connectivity index (χ4v) is 6.75. The van der Waals surface area contributed by atoms with Crippen LogP contribution in [0.3, 0.4) is 0 Å². The van der Waals surface area contributed by atoms with Gasteiger partial charge in [-0.2, -0.15) is 0 Å². The molecule has 3 atom stereocenters. The van der Waals surface area contributed by atoms with Crippen LogP contribution in [-0.4, -0.2) is 65.7 Å². The summed E-state index contributed by atoms with van der Waals surface area (Å²) in [6.45, 7) is 2.35. The van der Waals surface area contributed by atoms with Crippen molar-refractivity contribution in [2.75, 3.05) is 26.4 Å². The highest BCUT2D eigenvalue weighted by Crippen LogP contribution is 2.43. The Labute approximate surface area is 329 Å². The van der Waals surface area contributed by atoms with E-state index < -0.39 is 51.8 Å². The van der Waals surface area contributed by atoms with Gasteiger partial charge in [-0.1, -0.05) is 167 Å². The molecule has 0 rings (SSSR count). The van der Waals surface area contributed by atoms with Gasteiger partial charge in [-0.15, -0.1) is 0 Å². The van der Waals surface area contributed by atoms with E-state index in [9.17, 15) is 24.2 Å². The zero-order chi connectivity index (χ0) is 39.8. The summed E-state index contributed by atoms with van der Waals surface area (Å²) in [6.07, 6.45) is 38.6. The van der Waals surface area contributed by atoms with Gasteiger partial charge in [0.25, 0.3) is 0 Å². The van der Waals surface area contributed by atoms with Gasteiger partial charge in [-0.3, -0.25) is 18.6 Å². The lowest BCUT2D eigenvalue weighted by Crippen LogP contribution is -2.29. The number of aliphatic hydroxyl groups is 2. The smallest absolute Gasteiger partial charge is 0.462 e. The number of hydrogen-bond acceptors (Lipinski definition) is 9. The summed E-state index contributed by atoms with van der Waals surface area (Å²) in [5, 5.41) is 18.3. The van der Waals surface area contributed by atoms with Crippen molar-refractivity contribution in [1.82, 2.24) is 0 Å². The number of unbranched alkanes of at least 4 members (excludes halogenated alkanes) is 23. The van der Waals surface area contributed by atoms with Crippen LogP contribution in [0.15, 0.2) is 24.3 Å². The Bertz CT molecular complexity index is 957. The van der Waals surface area contributed by atoms with Crippen molar-refractivity contribution in [3.05, 3.63) is 24.3 Å². The van der Waals surface area contributed by atoms with E-state index in [1.165, 1.54) is 116 Å². The Morgan fingerprint density at radius 3 is 1.46 bits per heavy atom. The second kappa shape index (κ2) is 39.7. The predicted octanol–water partition coefficient (Wildman–Crippen LogP) is 11.4. The van der Waals surface area contributed by atoms with E-state index in [1.807, 2.05) is 0 Å². The van der Waals surface area contributed by atoms with Crippen LogP contribution in [0.2, 0.25) is 0 Å². The van der Waals surface area contributed by atoms with Gasteiger partial charge < -0.3 is 24.6 Å². The zero-order valence-electron chi connectivity index (χ0n) is 34.4. The molecule has 1 unspecified atom stereocenters. The van der Waals surface area contributed by atoms with E-state index in [2.05, 4.69) is 42.7 Å². The quantitative estimate of drug-likeness (QED) is 0.0236. The monoisotopic (exact) mass is 789 g/mol. The maximum absolute atomic E-state index is 12.6. The van der Waals surface area contributed by atoms with Gasteiger partial charge in [-0.05, 0) is 44.9 Å². The second-order valence-electron chi connectivity index (χ2n) is 14.7. The van der Waals surface area contributed by atoms with Gasteiger partial charge in [-0.25, -0.2) is 4.57 Å². The molecule has 54 heavy (non-hydrogen) atoms. The molecule has 0 aromatic rings. The van der Waals surface area contributed by atoms with Crippen LogP contribution in [0.5, 0.6) is 0 Å². The summed E-state index contributed by atoms with van der Waals surface area (Å²) in [6, 6.07) is 0. The first-order valence-electron chi connectivity index (χ1n) is 21.8. The molecule has 10 nitrogen and oxygen atoms in total. The third-order valence-electron chi connectivity index (χ3n) is 9.36. The maximum Gasteiger partial charge on any atom is 0.472 e. The van der Waals surface area contributed by atoms with Crippen molar-refractivity contribution < 1.29 is 47.8 Å². The number of phosphoric acid groups is 1. The Morgan fingerprint density at radius 2 is 0.963 bits per heavy atom. The van der Waals surface area contributed by atoms with Crippen molar-refractivity contribution in [3.63, 3.8) is 0 Å². The molecule has 0 amide bonds. The lowest BCUT2D eigenvalue weighted by atomic mass is 10.0. The topological polar surface area (TPSA) is 149 Å². The van der Waals surface area contributed by atoms with E-state index >= 15 is 0 Å². The van der Waals surface area contributed by atoms with Crippen LogP contribution in [0.4, 0.5) is 0 Å². The second-order valence-corrected chi connectivity index (χ2v) is 16.2. The summed E-state index contributed by atoms with van der Waals surface area (Å²) in [5.74, 6) is -0.955. The number of phosphoric ester groups is 1. The Morgan fingerprint density at radius 1 is 0.556 bits per heavy atom. The van der Waals surface area contributed by atoms with E-state index in [1.54, 1.807) is 0 Å². The highest BCUT2D eigenvalue weighted by atomic mass is 31.2. The van der Waals surface area contributed by atoms with Crippen LogP contribution in [0.1, 0.15) is 200 Å². The van der Waals surface area contributed by atoms with Gasteiger partial charge in [0, 0.05) is 12.8 Å². The minimum Gasteiger partial charge on any atom is -0.462 e. The van der Waals surface area contributed by atoms with Crippen molar-refractivity contribution in [1.29, 1.82) is 0 Å². The zero-order valence-corrected chi connectivity index (χ0v) is 35.3. The molecule has 0 aliphatic heterocycles. The van der Waals surface area contributed by atoms with Crippen molar-refractivity contribution >= 4 is 19.8 Å². The molecule has 0 heterocycles. The third kappa shape index (κ3) is 38.7. The van der Waals surface area contributed by atoms with Gasteiger partial charge in [0.2, 0.25) is 0 Å². The van der Waals surface area contributed by atoms with Crippen LogP contribution in [0.25, 0.3) is 0 Å². The van der Waals surface area contributed by atoms with Crippen molar-refractivity contribution in [2.45, 2.75) is 212 Å². The minimum atomic E-state index is -4.62. The van der Waals surface area contributed by atoms with E-state index in [-0.39, 0.29) is 19.4 Å². The van der Waals surface area contributed by atoms with Gasteiger partial charge in [0.15, 0.2) is 6.10 Å². The van der Waals surface area contributed by atoms with Gasteiger partial charge in [0.05, 0.1) is 19.8 Å². The van der Waals surface area contributed by atoms with E-state index in [4.69, 9.17) is 19.1 Å². The van der Waals surface area contributed by atoms with Crippen LogP contribution < -0.4 is 0 Å². The molecule has 0 radical (unpaired) electrons. The van der Waals surface area contributed by atoms with Gasteiger partial charge >= 0.3 is 19.8 Å². The minimum absolute atomic E-state index is 0.144. The predicted molar refractivity (Wildman–Crippen MR) is 219 cm³/mol. The Balaban J connectivity index is 4.32. The number of carbonyl (C=O) groups excluding carboxylic acids is 2. The normalized spacial score (nSPS) is 14.1. The largest absolute Gasteiger partial charge is 0.472 e. The summed E-state index contributed by atoms with van der Waals surface area (Å²) >= 11 is 0. The van der Waals surface area contributed by atoms with Gasteiger partial charge in [0.1, 0.15) is 12.7 Å². The van der Waals surface area contributed by atoms with Crippen molar-refractivity contribution in [2.24, 2.45) is 0 Å². The Kier molecular flexibility index (Phi) is 38.5. The molecule has 0 fully saturated rings. The summed E-state index contributed by atoms with van der Waals surface area (Å²) in [4.78, 5) is 34.9. The molecular weight excluding hydrogens is 707 g/mol. The lowest BCUT2D eigenvalue weighted by Gasteiger charge is -2.20. The number of carbonyl (C=O) groups is 2. The molecule has 0 aliphatic carbocycles. The molecule has 0 bridgehead atoms. The summed E-state index contributed by atoms with van der Waals surface area (Å²) < 4.78 is 32.7. The van der Waals surface area contributed by atoms with Crippen LogP contribution in [0, 0.1) is 0 Å². The summed E-state index contributed by atoms with van der Waals surface area (Å²) in [7, 11) is -4.62. The van der Waals surface area contributed by atoms with E-state index in [0.717, 1.165) is 44.9 Å². The first-order chi connectivity index (χ1) is 26.2. The highest BCUT2D eigenvalue weighted by Gasteiger charge is 2.27. The van der Waals surface area contributed by atoms with E-state index in [0.29, 0.717) is 12.8 Å². The fourth-order valence-electron chi connectivity index (χ4n) is 5.96. The number of allylic oxidation sites excluding steroid dienone is 4. The first-order valence-corrected chi connectivity index (χ1v) is 23.3. The SMILES string of the molecule is CCCCCCCC/C=C/C/C=C/CCCCC(=O)O[C@H](COC(=O)CCCCCCCCCCCCCCCCCC)COP(=O)(O)OC[C@@H](O)CO. The third-order valence-corrected chi connectivity index (χ3v) is 10.3. The number of esters is 2. The van der Waals surface area contributed by atoms with Crippen LogP contribution >= 0.6 is 7.82 Å². The molecular formula is C43H81O10P. The highest BCUT2D eigenvalue weighted by molar-refractivity contribution is 7.47. The first kappa shape index (κ1) is 52.5. The number of hydrogen-bond donors (Lipinski definition) is 3. The molecule has 0 saturated heterocycles. The maximum atomic E-state index is 12.6. The van der Waals surface area contributed by atoms with Crippen molar-refractivity contribution in [3.8, 4) is 0 Å². The molecule has 0 aliphatic rings. The molecule has 11 heteroatoms. The lowest BCUT2D eigenvalue weighted by molar-refractivity contribution is -0.161. The van der Waals surface area contributed by atoms with Crippen LogP contribution in [-0.2, 0) is 32.7 Å². The number of rotatable bonds is 41. The molecule has 0 spiro atoms. The average Bonchev–Trinajstić information content (AvgIpc) is 3.16. The molecule has 0 aromatic carbocycles. The fraction of sp³-hybridized carbons (Fsp3) is 0.860. The number of ether oxygens (including phenoxy) is 2. The Hall–Kier alpha value is -1.55. The average molecular weight is 789 g/mol. The molecule has 0 aromatic heterocycles. The standard InChI is InChI=1S/C43H81O10P/c1-3-5-7-9-11-13-15-17-19-21-22-24-26-28-30-32-34-42(46)50-38-41(39-52-54(48,49)51-37-40(45)36-44)53-43(47)35-33-31-29-27-25-23-20-18-16-14-12-10-8-6-4-2/h18,20,25,27,40-41,44-45H,3-17,19,21-24,26,28-39H2,1-2H3,(H,48,49)/b20-18+,27-25+/t40-,41+/m0/s1.